The number of halogens is 1. The molecule has 0 amide bonds. The molecule has 10 heavy (non-hydrogen) atoms. The number of nitro groups is 1. The van der Waals surface area contributed by atoms with E-state index in [2.05, 4.69) is 29.8 Å². The molecule has 0 aromatic heterocycles. The monoisotopic (exact) mass is 209 g/mol. The average Bonchev–Trinajstić information content (AvgIpc) is 1.91. The Balaban J connectivity index is 0. The van der Waals surface area contributed by atoms with E-state index >= 15 is 0 Å². The summed E-state index contributed by atoms with van der Waals surface area (Å²) in [6.45, 7) is 6.41. The van der Waals surface area contributed by atoms with Crippen LogP contribution in [0.25, 0.3) is 0 Å². The second-order valence-corrected chi connectivity index (χ2v) is 2.25. The maximum atomic E-state index is 9.11. The van der Waals surface area contributed by atoms with E-state index in [0.717, 1.165) is 11.8 Å². The molecule has 0 aliphatic rings. The van der Waals surface area contributed by atoms with Crippen LogP contribution in [0.1, 0.15) is 12.8 Å². The number of unbranched alkanes of at least 4 members (excludes halogenated alkanes) is 1. The molecule has 2 radical (unpaired) electrons. The summed E-state index contributed by atoms with van der Waals surface area (Å²) in [4.78, 5) is 8.62. The van der Waals surface area contributed by atoms with Crippen molar-refractivity contribution in [2.45, 2.75) is 12.8 Å². The summed E-state index contributed by atoms with van der Waals surface area (Å²) in [5, 5.41) is 10.2. The van der Waals surface area contributed by atoms with Crippen LogP contribution in [-0.4, -0.2) is 16.8 Å². The van der Waals surface area contributed by atoms with Crippen LogP contribution in [0.4, 0.5) is 0 Å². The quantitative estimate of drug-likeness (QED) is 0.406. The Hall–Kier alpha value is -0.120. The zero-order valence-corrected chi connectivity index (χ0v) is 7.47. The van der Waals surface area contributed by atoms with E-state index in [1.165, 1.54) is 6.42 Å². The van der Waals surface area contributed by atoms with E-state index in [-0.39, 0.29) is 6.54 Å². The highest BCUT2D eigenvalue weighted by Gasteiger charge is 1.77. The molecule has 0 saturated heterocycles. The van der Waals surface area contributed by atoms with Gasteiger partial charge in [-0.25, -0.2) is 0 Å². The molecule has 0 rings (SSSR count). The van der Waals surface area contributed by atoms with Gasteiger partial charge in [0, 0.05) is 17.2 Å². The first-order chi connectivity index (χ1) is 4.68. The van der Waals surface area contributed by atoms with Gasteiger partial charge in [0.1, 0.15) is 0 Å². The van der Waals surface area contributed by atoms with E-state index in [9.17, 15) is 0 Å². The fourth-order valence-corrected chi connectivity index (χ4v) is 0.491. The van der Waals surface area contributed by atoms with Crippen LogP contribution >= 0.6 is 15.9 Å². The molecule has 0 aromatic rings. The summed E-state index contributed by atoms with van der Waals surface area (Å²) in [6, 6.07) is 0. The Morgan fingerprint density at radius 1 is 1.50 bits per heavy atom. The molecule has 0 bridgehead atoms. The van der Waals surface area contributed by atoms with E-state index in [4.69, 9.17) is 10.1 Å². The number of hydrogen-bond donors (Lipinski definition) is 0. The molecule has 0 fully saturated rings. The maximum Gasteiger partial charge on any atom is 0.204 e. The van der Waals surface area contributed by atoms with Gasteiger partial charge in [-0.05, 0) is 6.42 Å². The van der Waals surface area contributed by atoms with Crippen LogP contribution in [0.15, 0.2) is 0 Å². The molecule has 0 atom stereocenters. The number of alkyl halides is 1. The van der Waals surface area contributed by atoms with Crippen molar-refractivity contribution in [3.05, 3.63) is 24.0 Å². The van der Waals surface area contributed by atoms with Crippen LogP contribution in [0.2, 0.25) is 0 Å². The van der Waals surface area contributed by atoms with Gasteiger partial charge in [0.25, 0.3) is 0 Å². The van der Waals surface area contributed by atoms with Gasteiger partial charge in [-0.3, -0.25) is 10.1 Å². The molecular formula is C6H12BrNO2. The summed E-state index contributed by atoms with van der Waals surface area (Å²) in [6.07, 6.45) is 2.24. The van der Waals surface area contributed by atoms with E-state index in [0.29, 0.717) is 0 Å². The van der Waals surface area contributed by atoms with Crippen molar-refractivity contribution in [2.24, 2.45) is 0 Å². The van der Waals surface area contributed by atoms with Gasteiger partial charge >= 0.3 is 0 Å². The SMILES string of the molecule is [CH2]CCCBr.[CH2]C[N+](=O)[O-]. The molecule has 0 saturated carbocycles. The molecule has 60 valence electrons. The van der Waals surface area contributed by atoms with Crippen molar-refractivity contribution < 1.29 is 4.92 Å². The first-order valence-corrected chi connectivity index (χ1v) is 4.07. The lowest BCUT2D eigenvalue weighted by atomic mass is 10.4. The zero-order chi connectivity index (χ0) is 8.41. The molecular weight excluding hydrogens is 198 g/mol. The zero-order valence-electron chi connectivity index (χ0n) is 5.88. The normalized spacial score (nSPS) is 7.90. The molecule has 0 spiro atoms. The highest BCUT2D eigenvalue weighted by atomic mass is 79.9. The molecule has 0 heterocycles. The number of nitrogens with zero attached hydrogens (tertiary/aromatic N) is 1. The fraction of sp³-hybridized carbons (Fsp3) is 0.667. The summed E-state index contributed by atoms with van der Waals surface area (Å²) < 4.78 is 0. The maximum absolute atomic E-state index is 9.11. The summed E-state index contributed by atoms with van der Waals surface area (Å²) in [5.41, 5.74) is 0. The highest BCUT2D eigenvalue weighted by molar-refractivity contribution is 9.09. The molecule has 0 N–H and O–H groups in total. The van der Waals surface area contributed by atoms with Gasteiger partial charge in [0.2, 0.25) is 6.54 Å². The Morgan fingerprint density at radius 3 is 1.90 bits per heavy atom. The van der Waals surface area contributed by atoms with Crippen molar-refractivity contribution in [3.8, 4) is 0 Å². The number of hydrogen-bond acceptors (Lipinski definition) is 2. The molecule has 3 nitrogen and oxygen atoms in total. The molecule has 0 aliphatic heterocycles. The standard InChI is InChI=1S/C4H8Br.C2H4NO2/c1-2-3-4-5;1-2-3(4)5/h1-4H2;1-2H2. The Labute approximate surface area is 70.1 Å². The second kappa shape index (κ2) is 11.6. The topological polar surface area (TPSA) is 43.1 Å². The lowest BCUT2D eigenvalue weighted by molar-refractivity contribution is -0.469. The minimum absolute atomic E-state index is 0.222. The predicted molar refractivity (Wildman–Crippen MR) is 45.6 cm³/mol. The van der Waals surface area contributed by atoms with Crippen LogP contribution in [-0.2, 0) is 0 Å². The Kier molecular flexibility index (Phi) is 14.6. The van der Waals surface area contributed by atoms with Crippen molar-refractivity contribution in [1.82, 2.24) is 0 Å². The lowest BCUT2D eigenvalue weighted by Crippen LogP contribution is -1.92. The molecule has 0 aromatic carbocycles. The van der Waals surface area contributed by atoms with Crippen molar-refractivity contribution in [1.29, 1.82) is 0 Å². The van der Waals surface area contributed by atoms with E-state index < -0.39 is 4.92 Å². The Bertz CT molecular complexity index is 76.1. The van der Waals surface area contributed by atoms with Crippen molar-refractivity contribution >= 4 is 15.9 Å². The first kappa shape index (κ1) is 12.5. The Morgan fingerprint density at radius 2 is 1.90 bits per heavy atom. The second-order valence-electron chi connectivity index (χ2n) is 1.45. The fourth-order valence-electron chi connectivity index (χ4n) is 0.0945. The summed E-state index contributed by atoms with van der Waals surface area (Å²) in [5.74, 6) is 0. The summed E-state index contributed by atoms with van der Waals surface area (Å²) in [7, 11) is 0. The minimum atomic E-state index is -0.486. The third-order valence-electron chi connectivity index (χ3n) is 0.566. The smallest absolute Gasteiger partial charge is 0.204 e. The van der Waals surface area contributed by atoms with Gasteiger partial charge in [-0.1, -0.05) is 29.3 Å². The lowest BCUT2D eigenvalue weighted by Gasteiger charge is -1.77. The van der Waals surface area contributed by atoms with Gasteiger partial charge in [-0.15, -0.1) is 0 Å². The van der Waals surface area contributed by atoms with Crippen molar-refractivity contribution in [2.75, 3.05) is 11.9 Å². The third-order valence-corrected chi connectivity index (χ3v) is 1.13. The van der Waals surface area contributed by atoms with Crippen LogP contribution in [0.5, 0.6) is 0 Å². The van der Waals surface area contributed by atoms with Gasteiger partial charge in [0.05, 0.1) is 0 Å². The summed E-state index contributed by atoms with van der Waals surface area (Å²) >= 11 is 3.27. The van der Waals surface area contributed by atoms with Gasteiger partial charge < -0.3 is 0 Å². The molecule has 0 unspecified atom stereocenters. The van der Waals surface area contributed by atoms with E-state index in [1.807, 2.05) is 0 Å². The van der Waals surface area contributed by atoms with Crippen molar-refractivity contribution in [3.63, 3.8) is 0 Å². The predicted octanol–water partition coefficient (Wildman–Crippen LogP) is 2.09. The molecule has 0 aliphatic carbocycles. The first-order valence-electron chi connectivity index (χ1n) is 2.95. The molecule has 4 heteroatoms. The number of rotatable bonds is 3. The van der Waals surface area contributed by atoms with E-state index in [1.54, 1.807) is 0 Å². The largest absolute Gasteiger partial charge is 0.265 e. The average molecular weight is 210 g/mol. The minimum Gasteiger partial charge on any atom is -0.265 e. The van der Waals surface area contributed by atoms with Gasteiger partial charge in [0.15, 0.2) is 0 Å². The van der Waals surface area contributed by atoms with Crippen LogP contribution < -0.4 is 0 Å². The van der Waals surface area contributed by atoms with Crippen LogP contribution in [0, 0.1) is 24.0 Å². The van der Waals surface area contributed by atoms with Gasteiger partial charge in [-0.2, -0.15) is 0 Å². The van der Waals surface area contributed by atoms with Crippen LogP contribution in [0.3, 0.4) is 0 Å². The third kappa shape index (κ3) is 24.8. The highest BCUT2D eigenvalue weighted by Crippen LogP contribution is 1.88.